The second-order valence-corrected chi connectivity index (χ2v) is 7.01. The lowest BCUT2D eigenvalue weighted by atomic mass is 10.1. The molecule has 0 spiro atoms. The molecule has 1 fully saturated rings. The van der Waals surface area contributed by atoms with Gasteiger partial charge in [-0.25, -0.2) is 22.5 Å². The molecular weight excluding hydrogens is 293 g/mol. The van der Waals surface area contributed by atoms with Crippen molar-refractivity contribution in [2.75, 3.05) is 13.1 Å². The van der Waals surface area contributed by atoms with E-state index >= 15 is 0 Å². The molecular formula is C14H22FN3O2S. The fraction of sp³-hybridized carbons (Fsp3) is 0.643. The number of hydrogen-bond donors (Lipinski definition) is 2. The normalized spacial score (nSPS) is 17.6. The smallest absolute Gasteiger partial charge is 0.261 e. The van der Waals surface area contributed by atoms with E-state index in [1.165, 1.54) is 37.9 Å². The number of pyridine rings is 1. The molecule has 0 aliphatic heterocycles. The summed E-state index contributed by atoms with van der Waals surface area (Å²) in [5, 5.41) is 2.82. The number of hydrogen-bond acceptors (Lipinski definition) is 4. The Morgan fingerprint density at radius 2 is 1.90 bits per heavy atom. The van der Waals surface area contributed by atoms with Gasteiger partial charge in [-0.1, -0.05) is 25.7 Å². The summed E-state index contributed by atoms with van der Waals surface area (Å²) >= 11 is 0. The second kappa shape index (κ2) is 7.82. The molecule has 1 heterocycles. The van der Waals surface area contributed by atoms with E-state index in [4.69, 9.17) is 0 Å². The highest BCUT2D eigenvalue weighted by Gasteiger charge is 2.19. The van der Waals surface area contributed by atoms with Crippen molar-refractivity contribution in [2.24, 2.45) is 0 Å². The van der Waals surface area contributed by atoms with Gasteiger partial charge in [-0.3, -0.25) is 0 Å². The third kappa shape index (κ3) is 5.01. The maximum Gasteiger partial charge on any atom is 0.261 e. The largest absolute Gasteiger partial charge is 0.313 e. The van der Waals surface area contributed by atoms with Crippen LogP contribution in [0.15, 0.2) is 23.4 Å². The highest BCUT2D eigenvalue weighted by atomic mass is 32.2. The fourth-order valence-electron chi connectivity index (χ4n) is 2.58. The maximum atomic E-state index is 13.4. The van der Waals surface area contributed by atoms with Crippen LogP contribution in [-0.4, -0.2) is 32.5 Å². The van der Waals surface area contributed by atoms with Crippen LogP contribution >= 0.6 is 0 Å². The van der Waals surface area contributed by atoms with Gasteiger partial charge in [0.1, 0.15) is 0 Å². The lowest BCUT2D eigenvalue weighted by Crippen LogP contribution is -2.37. The van der Waals surface area contributed by atoms with E-state index in [-0.39, 0.29) is 6.54 Å². The van der Waals surface area contributed by atoms with Crippen LogP contribution in [0.4, 0.5) is 4.39 Å². The standard InChI is InChI=1S/C14H22FN3O2S/c15-13-8-5-9-17-14(13)21(19,20)18-11-10-16-12-6-3-1-2-4-7-12/h5,8-9,12,16,18H,1-4,6-7,10-11H2. The average molecular weight is 315 g/mol. The molecule has 118 valence electrons. The number of nitrogens with zero attached hydrogens (tertiary/aromatic N) is 1. The molecule has 1 aromatic heterocycles. The van der Waals surface area contributed by atoms with Gasteiger partial charge in [0.15, 0.2) is 5.82 Å². The molecule has 1 aliphatic rings. The minimum absolute atomic E-state index is 0.231. The number of sulfonamides is 1. The van der Waals surface area contributed by atoms with Crippen LogP contribution in [-0.2, 0) is 10.0 Å². The van der Waals surface area contributed by atoms with Gasteiger partial charge in [0.05, 0.1) is 0 Å². The Morgan fingerprint density at radius 1 is 1.19 bits per heavy atom. The van der Waals surface area contributed by atoms with Gasteiger partial charge in [-0.05, 0) is 25.0 Å². The van der Waals surface area contributed by atoms with Crippen LogP contribution in [0.1, 0.15) is 38.5 Å². The van der Waals surface area contributed by atoms with Gasteiger partial charge < -0.3 is 5.32 Å². The van der Waals surface area contributed by atoms with Crippen LogP contribution in [0, 0.1) is 5.82 Å². The fourth-order valence-corrected chi connectivity index (χ4v) is 3.61. The Hall–Kier alpha value is -1.05. The Labute approximate surface area is 125 Å². The zero-order valence-electron chi connectivity index (χ0n) is 12.0. The predicted octanol–water partition coefficient (Wildman–Crippen LogP) is 1.81. The third-order valence-corrected chi connectivity index (χ3v) is 5.08. The van der Waals surface area contributed by atoms with E-state index < -0.39 is 20.9 Å². The van der Waals surface area contributed by atoms with Crippen LogP contribution in [0.5, 0.6) is 0 Å². The van der Waals surface area contributed by atoms with E-state index in [0.29, 0.717) is 12.6 Å². The molecule has 0 saturated heterocycles. The number of aromatic nitrogens is 1. The summed E-state index contributed by atoms with van der Waals surface area (Å²) in [6.07, 6.45) is 8.56. The Kier molecular flexibility index (Phi) is 6.08. The van der Waals surface area contributed by atoms with Gasteiger partial charge in [0.2, 0.25) is 5.03 Å². The first-order valence-electron chi connectivity index (χ1n) is 7.43. The summed E-state index contributed by atoms with van der Waals surface area (Å²) in [6.45, 7) is 0.771. The molecule has 1 aliphatic carbocycles. The SMILES string of the molecule is O=S(=O)(NCCNC1CCCCCC1)c1ncccc1F. The Bertz CT molecular complexity index is 543. The van der Waals surface area contributed by atoms with Crippen molar-refractivity contribution in [1.29, 1.82) is 0 Å². The molecule has 0 bridgehead atoms. The molecule has 0 radical (unpaired) electrons. The van der Waals surface area contributed by atoms with Crippen molar-refractivity contribution in [2.45, 2.75) is 49.6 Å². The number of rotatable bonds is 6. The monoisotopic (exact) mass is 315 g/mol. The molecule has 0 atom stereocenters. The van der Waals surface area contributed by atoms with E-state index in [2.05, 4.69) is 15.0 Å². The first-order chi connectivity index (χ1) is 10.1. The second-order valence-electron chi connectivity index (χ2n) is 5.33. The van der Waals surface area contributed by atoms with Crippen molar-refractivity contribution in [3.63, 3.8) is 0 Å². The van der Waals surface area contributed by atoms with Crippen LogP contribution < -0.4 is 10.0 Å². The molecule has 0 unspecified atom stereocenters. The topological polar surface area (TPSA) is 71.1 Å². The first-order valence-corrected chi connectivity index (χ1v) is 8.91. The average Bonchev–Trinajstić information content (AvgIpc) is 2.72. The minimum atomic E-state index is -3.88. The highest BCUT2D eigenvalue weighted by molar-refractivity contribution is 7.89. The van der Waals surface area contributed by atoms with Crippen molar-refractivity contribution >= 4 is 10.0 Å². The molecule has 1 saturated carbocycles. The summed E-state index contributed by atoms with van der Waals surface area (Å²) in [5.74, 6) is -0.832. The molecule has 1 aromatic rings. The molecule has 7 heteroatoms. The molecule has 0 amide bonds. The minimum Gasteiger partial charge on any atom is -0.313 e. The highest BCUT2D eigenvalue weighted by Crippen LogP contribution is 2.16. The van der Waals surface area contributed by atoms with Crippen molar-refractivity contribution in [3.8, 4) is 0 Å². The third-order valence-electron chi connectivity index (χ3n) is 3.68. The molecule has 0 aromatic carbocycles. The summed E-state index contributed by atoms with van der Waals surface area (Å²) in [6, 6.07) is 2.91. The van der Waals surface area contributed by atoms with Crippen molar-refractivity contribution < 1.29 is 12.8 Å². The lowest BCUT2D eigenvalue weighted by Gasteiger charge is -2.16. The van der Waals surface area contributed by atoms with Gasteiger partial charge in [0.25, 0.3) is 10.0 Å². The predicted molar refractivity (Wildman–Crippen MR) is 78.9 cm³/mol. The summed E-state index contributed by atoms with van der Waals surface area (Å²) in [4.78, 5) is 3.59. The quantitative estimate of drug-likeness (QED) is 0.620. The first kappa shape index (κ1) is 16.3. The van der Waals surface area contributed by atoms with Crippen molar-refractivity contribution in [1.82, 2.24) is 15.0 Å². The zero-order chi connectivity index (χ0) is 15.1. The van der Waals surface area contributed by atoms with Crippen LogP contribution in [0.2, 0.25) is 0 Å². The van der Waals surface area contributed by atoms with Gasteiger partial charge in [-0.15, -0.1) is 0 Å². The van der Waals surface area contributed by atoms with E-state index in [1.807, 2.05) is 0 Å². The van der Waals surface area contributed by atoms with E-state index in [0.717, 1.165) is 18.9 Å². The van der Waals surface area contributed by atoms with Gasteiger partial charge in [0, 0.05) is 25.3 Å². The lowest BCUT2D eigenvalue weighted by molar-refractivity contribution is 0.460. The Balaban J connectivity index is 1.78. The number of halogens is 1. The molecule has 2 rings (SSSR count). The summed E-state index contributed by atoms with van der Waals surface area (Å²) in [7, 11) is -3.88. The summed E-state index contributed by atoms with van der Waals surface area (Å²) in [5.41, 5.74) is 0. The van der Waals surface area contributed by atoms with Crippen molar-refractivity contribution in [3.05, 3.63) is 24.1 Å². The molecule has 21 heavy (non-hydrogen) atoms. The summed E-state index contributed by atoms with van der Waals surface area (Å²) < 4.78 is 39.6. The Morgan fingerprint density at radius 3 is 2.57 bits per heavy atom. The molecule has 5 nitrogen and oxygen atoms in total. The van der Waals surface area contributed by atoms with Crippen LogP contribution in [0.25, 0.3) is 0 Å². The van der Waals surface area contributed by atoms with E-state index in [9.17, 15) is 12.8 Å². The maximum absolute atomic E-state index is 13.4. The number of nitrogens with one attached hydrogen (secondary N) is 2. The van der Waals surface area contributed by atoms with E-state index in [1.54, 1.807) is 0 Å². The van der Waals surface area contributed by atoms with Gasteiger partial charge >= 0.3 is 0 Å². The van der Waals surface area contributed by atoms with Gasteiger partial charge in [-0.2, -0.15) is 0 Å². The zero-order valence-corrected chi connectivity index (χ0v) is 12.8. The van der Waals surface area contributed by atoms with Crippen LogP contribution in [0.3, 0.4) is 0 Å². The molecule has 2 N–H and O–H groups in total.